The van der Waals surface area contributed by atoms with Gasteiger partial charge in [0.2, 0.25) is 5.95 Å². The number of aromatic nitrogens is 2. The Kier molecular flexibility index (Phi) is 5.16. The van der Waals surface area contributed by atoms with E-state index < -0.39 is 5.97 Å². The highest BCUT2D eigenvalue weighted by atomic mass is 16.5. The Morgan fingerprint density at radius 2 is 2.04 bits per heavy atom. The predicted molar refractivity (Wildman–Crippen MR) is 87.6 cm³/mol. The van der Waals surface area contributed by atoms with Crippen molar-refractivity contribution in [3.05, 3.63) is 46.8 Å². The number of aryl methyl sites for hydroxylation is 1. The maximum absolute atomic E-state index is 11.4. The molecular formula is C17H21N3O3. The highest BCUT2D eigenvalue weighted by Crippen LogP contribution is 2.29. The van der Waals surface area contributed by atoms with E-state index in [-0.39, 0.29) is 23.8 Å². The molecule has 0 aliphatic carbocycles. The number of carboxylic acids is 1. The maximum atomic E-state index is 11.4. The Morgan fingerprint density at radius 3 is 2.70 bits per heavy atom. The summed E-state index contributed by atoms with van der Waals surface area (Å²) in [4.78, 5) is 19.3. The molecule has 2 aromatic rings. The second-order valence-corrected chi connectivity index (χ2v) is 5.43. The molecule has 0 aliphatic rings. The number of hydrogen-bond donors (Lipinski definition) is 2. The zero-order valence-electron chi connectivity index (χ0n) is 13.5. The van der Waals surface area contributed by atoms with Crippen LogP contribution in [0.1, 0.15) is 53.5 Å². The summed E-state index contributed by atoms with van der Waals surface area (Å²) in [6.07, 6.45) is 0.986. The zero-order chi connectivity index (χ0) is 17.0. The molecule has 0 radical (unpaired) electrons. The first-order chi connectivity index (χ1) is 10.9. The van der Waals surface area contributed by atoms with Crippen LogP contribution < -0.4 is 10.5 Å². The summed E-state index contributed by atoms with van der Waals surface area (Å²) in [6.45, 7) is 5.86. The number of nitrogens with zero attached hydrogens (tertiary/aromatic N) is 2. The number of hydrogen-bond acceptors (Lipinski definition) is 5. The van der Waals surface area contributed by atoms with Crippen LogP contribution in [-0.4, -0.2) is 21.0 Å². The molecule has 0 aliphatic heterocycles. The minimum absolute atomic E-state index is 0.0304. The fourth-order valence-electron chi connectivity index (χ4n) is 2.42. The Hall–Kier alpha value is -2.63. The summed E-state index contributed by atoms with van der Waals surface area (Å²) in [5.41, 5.74) is 7.37. The van der Waals surface area contributed by atoms with Gasteiger partial charge in [0.1, 0.15) is 17.9 Å². The van der Waals surface area contributed by atoms with Crippen molar-refractivity contribution in [3.63, 3.8) is 0 Å². The van der Waals surface area contributed by atoms with Crippen molar-refractivity contribution in [3.8, 4) is 5.75 Å². The monoisotopic (exact) mass is 315 g/mol. The van der Waals surface area contributed by atoms with Gasteiger partial charge in [0, 0.05) is 0 Å². The first-order valence-corrected chi connectivity index (χ1v) is 7.52. The lowest BCUT2D eigenvalue weighted by molar-refractivity contribution is 0.0691. The van der Waals surface area contributed by atoms with Gasteiger partial charge in [-0.1, -0.05) is 32.0 Å². The van der Waals surface area contributed by atoms with Gasteiger partial charge < -0.3 is 15.6 Å². The third kappa shape index (κ3) is 3.77. The van der Waals surface area contributed by atoms with Gasteiger partial charge in [-0.2, -0.15) is 0 Å². The number of anilines is 1. The number of nitrogens with two attached hydrogens (primary N) is 1. The summed E-state index contributed by atoms with van der Waals surface area (Å²) >= 11 is 0. The molecule has 1 aromatic carbocycles. The van der Waals surface area contributed by atoms with E-state index in [2.05, 4.69) is 23.8 Å². The van der Waals surface area contributed by atoms with Crippen LogP contribution in [0.15, 0.2) is 24.3 Å². The van der Waals surface area contributed by atoms with Gasteiger partial charge >= 0.3 is 5.97 Å². The number of carboxylic acid groups (broad SMARTS) is 1. The zero-order valence-corrected chi connectivity index (χ0v) is 13.5. The van der Waals surface area contributed by atoms with Crippen molar-refractivity contribution in [1.29, 1.82) is 0 Å². The van der Waals surface area contributed by atoms with Gasteiger partial charge in [0.15, 0.2) is 0 Å². The van der Waals surface area contributed by atoms with Crippen molar-refractivity contribution >= 4 is 11.9 Å². The van der Waals surface area contributed by atoms with Crippen molar-refractivity contribution in [2.75, 3.05) is 5.73 Å². The molecule has 6 heteroatoms. The van der Waals surface area contributed by atoms with Crippen molar-refractivity contribution < 1.29 is 14.6 Å². The first-order valence-electron chi connectivity index (χ1n) is 7.52. The molecule has 1 atom stereocenters. The van der Waals surface area contributed by atoms with Crippen LogP contribution in [0.2, 0.25) is 0 Å². The molecule has 0 fully saturated rings. The first kappa shape index (κ1) is 16.7. The highest BCUT2D eigenvalue weighted by Gasteiger charge is 2.18. The molecule has 23 heavy (non-hydrogen) atoms. The van der Waals surface area contributed by atoms with E-state index in [0.717, 1.165) is 17.7 Å². The molecule has 1 aromatic heterocycles. The van der Waals surface area contributed by atoms with Gasteiger partial charge in [-0.15, -0.1) is 0 Å². The summed E-state index contributed by atoms with van der Waals surface area (Å²) in [5, 5.41) is 9.34. The fraction of sp³-hybridized carbons (Fsp3) is 0.353. The Balaban J connectivity index is 2.30. The van der Waals surface area contributed by atoms with Crippen LogP contribution in [0.25, 0.3) is 0 Å². The number of benzene rings is 1. The molecular weight excluding hydrogens is 294 g/mol. The van der Waals surface area contributed by atoms with E-state index in [1.165, 1.54) is 0 Å². The SMILES string of the molecule is CCC(C)c1ccccc1OCc1nc(N)nc(C)c1C(=O)O. The average molecular weight is 315 g/mol. The lowest BCUT2D eigenvalue weighted by atomic mass is 9.98. The quantitative estimate of drug-likeness (QED) is 0.849. The number of aromatic carboxylic acids is 1. The standard InChI is InChI=1S/C17H21N3O3/c1-4-10(2)12-7-5-6-8-14(12)23-9-13-15(16(21)22)11(3)19-17(18)20-13/h5-8,10H,4,9H2,1-3H3,(H,21,22)(H2,18,19,20). The number of nitrogen functional groups attached to an aromatic ring is 1. The van der Waals surface area contributed by atoms with E-state index in [0.29, 0.717) is 11.6 Å². The summed E-state index contributed by atoms with van der Waals surface area (Å²) in [7, 11) is 0. The van der Waals surface area contributed by atoms with Gasteiger partial charge in [-0.3, -0.25) is 0 Å². The van der Waals surface area contributed by atoms with Crippen LogP contribution in [0, 0.1) is 6.92 Å². The number of para-hydroxylation sites is 1. The fourth-order valence-corrected chi connectivity index (χ4v) is 2.42. The van der Waals surface area contributed by atoms with Gasteiger partial charge in [-0.25, -0.2) is 14.8 Å². The van der Waals surface area contributed by atoms with Crippen LogP contribution in [0.3, 0.4) is 0 Å². The number of rotatable bonds is 6. The third-order valence-electron chi connectivity index (χ3n) is 3.82. The highest BCUT2D eigenvalue weighted by molar-refractivity contribution is 5.90. The van der Waals surface area contributed by atoms with Gasteiger partial charge in [-0.05, 0) is 30.9 Å². The smallest absolute Gasteiger partial charge is 0.339 e. The average Bonchev–Trinajstić information content (AvgIpc) is 2.51. The van der Waals surface area contributed by atoms with E-state index in [1.54, 1.807) is 6.92 Å². The molecule has 2 rings (SSSR count). The van der Waals surface area contributed by atoms with E-state index >= 15 is 0 Å². The van der Waals surface area contributed by atoms with E-state index in [4.69, 9.17) is 10.5 Å². The molecule has 6 nitrogen and oxygen atoms in total. The third-order valence-corrected chi connectivity index (χ3v) is 3.82. The van der Waals surface area contributed by atoms with E-state index in [1.807, 2.05) is 24.3 Å². The lowest BCUT2D eigenvalue weighted by Crippen LogP contribution is -2.14. The topological polar surface area (TPSA) is 98.3 Å². The number of carbonyl (C=O) groups is 1. The molecule has 1 unspecified atom stereocenters. The molecule has 1 heterocycles. The second kappa shape index (κ2) is 7.09. The molecule has 0 saturated carbocycles. The minimum Gasteiger partial charge on any atom is -0.487 e. The summed E-state index contributed by atoms with van der Waals surface area (Å²) < 4.78 is 5.84. The molecule has 122 valence electrons. The molecule has 0 amide bonds. The van der Waals surface area contributed by atoms with Crippen LogP contribution in [0.4, 0.5) is 5.95 Å². The Bertz CT molecular complexity index is 716. The largest absolute Gasteiger partial charge is 0.487 e. The Labute approximate surface area is 135 Å². The van der Waals surface area contributed by atoms with Gasteiger partial charge in [0.25, 0.3) is 0 Å². The number of ether oxygens (including phenoxy) is 1. The van der Waals surface area contributed by atoms with Crippen molar-refractivity contribution in [1.82, 2.24) is 9.97 Å². The summed E-state index contributed by atoms with van der Waals surface area (Å²) in [6, 6.07) is 7.74. The second-order valence-electron chi connectivity index (χ2n) is 5.43. The lowest BCUT2D eigenvalue weighted by Gasteiger charge is -2.16. The van der Waals surface area contributed by atoms with Crippen LogP contribution in [-0.2, 0) is 6.61 Å². The predicted octanol–water partition coefficient (Wildman–Crippen LogP) is 3.16. The normalized spacial score (nSPS) is 12.0. The molecule has 0 spiro atoms. The summed E-state index contributed by atoms with van der Waals surface area (Å²) in [5.74, 6) is 0.0352. The molecule has 0 saturated heterocycles. The maximum Gasteiger partial charge on any atom is 0.339 e. The van der Waals surface area contributed by atoms with E-state index in [9.17, 15) is 9.90 Å². The molecule has 0 bridgehead atoms. The van der Waals surface area contributed by atoms with Crippen molar-refractivity contribution in [2.45, 2.75) is 39.7 Å². The van der Waals surface area contributed by atoms with Gasteiger partial charge in [0.05, 0.1) is 11.4 Å². The minimum atomic E-state index is -1.09. The Morgan fingerprint density at radius 1 is 1.35 bits per heavy atom. The van der Waals surface area contributed by atoms with Crippen LogP contribution >= 0.6 is 0 Å². The van der Waals surface area contributed by atoms with Crippen LogP contribution in [0.5, 0.6) is 5.75 Å². The van der Waals surface area contributed by atoms with Crippen molar-refractivity contribution in [2.24, 2.45) is 0 Å². The molecule has 3 N–H and O–H groups in total.